The summed E-state index contributed by atoms with van der Waals surface area (Å²) in [5.74, 6) is 0.372. The number of nitrogens with zero attached hydrogens (tertiary/aromatic N) is 2. The van der Waals surface area contributed by atoms with Crippen molar-refractivity contribution >= 4 is 10.8 Å². The number of nitriles is 1. The van der Waals surface area contributed by atoms with Gasteiger partial charge in [-0.2, -0.15) is 5.26 Å². The van der Waals surface area contributed by atoms with Crippen LogP contribution in [0.2, 0.25) is 0 Å². The summed E-state index contributed by atoms with van der Waals surface area (Å²) in [7, 11) is 1.53. The first-order valence-corrected chi connectivity index (χ1v) is 8.67. The number of aliphatic hydroxyl groups excluding tert-OH is 2. The van der Waals surface area contributed by atoms with Crippen LogP contribution in [-0.4, -0.2) is 41.6 Å². The van der Waals surface area contributed by atoms with Gasteiger partial charge in [0.2, 0.25) is 5.88 Å². The number of aromatic nitrogens is 1. The molecule has 0 aliphatic carbocycles. The minimum atomic E-state index is -0.895. The van der Waals surface area contributed by atoms with Crippen LogP contribution in [0.5, 0.6) is 11.6 Å². The highest BCUT2D eigenvalue weighted by Gasteiger charge is 2.18. The summed E-state index contributed by atoms with van der Waals surface area (Å²) < 4.78 is 24.8. The topological polar surface area (TPSA) is 95.6 Å². The molecule has 28 heavy (non-hydrogen) atoms. The Bertz CT molecular complexity index is 1030. The Labute approximate surface area is 161 Å². The molecule has 0 saturated carbocycles. The number of benzene rings is 2. The highest BCUT2D eigenvalue weighted by atomic mass is 19.1. The van der Waals surface area contributed by atoms with Crippen molar-refractivity contribution in [2.75, 3.05) is 20.3 Å². The molecule has 0 spiro atoms. The van der Waals surface area contributed by atoms with Crippen LogP contribution in [0.3, 0.4) is 0 Å². The maximum Gasteiger partial charge on any atom is 0.222 e. The largest absolute Gasteiger partial charge is 0.497 e. The van der Waals surface area contributed by atoms with Gasteiger partial charge in [0.25, 0.3) is 0 Å². The van der Waals surface area contributed by atoms with Gasteiger partial charge < -0.3 is 19.7 Å². The normalized spacial score (nSPS) is 11.8. The molecule has 3 aromatic rings. The average molecular weight is 382 g/mol. The monoisotopic (exact) mass is 382 g/mol. The number of fused-ring (bicyclic) bond motifs is 1. The highest BCUT2D eigenvalue weighted by Crippen LogP contribution is 2.37. The Hall–Kier alpha value is -3.21. The van der Waals surface area contributed by atoms with Crippen LogP contribution in [0.15, 0.2) is 42.5 Å². The Morgan fingerprint density at radius 3 is 2.71 bits per heavy atom. The molecule has 1 atom stereocenters. The molecular weight excluding hydrogens is 363 g/mol. The van der Waals surface area contributed by atoms with Gasteiger partial charge in [-0.3, -0.25) is 0 Å². The summed E-state index contributed by atoms with van der Waals surface area (Å²) >= 11 is 0. The van der Waals surface area contributed by atoms with E-state index in [-0.39, 0.29) is 31.2 Å². The molecule has 1 unspecified atom stereocenters. The third-order valence-corrected chi connectivity index (χ3v) is 4.30. The van der Waals surface area contributed by atoms with Crippen molar-refractivity contribution in [2.45, 2.75) is 12.5 Å². The van der Waals surface area contributed by atoms with Crippen molar-refractivity contribution in [1.29, 1.82) is 5.26 Å². The number of pyridine rings is 1. The van der Waals surface area contributed by atoms with Crippen LogP contribution in [0.25, 0.3) is 21.9 Å². The first kappa shape index (κ1) is 19.5. The first-order valence-electron chi connectivity index (χ1n) is 8.67. The summed E-state index contributed by atoms with van der Waals surface area (Å²) in [6.07, 6.45) is -0.683. The molecule has 0 aliphatic heterocycles. The van der Waals surface area contributed by atoms with Gasteiger partial charge in [0.05, 0.1) is 26.4 Å². The van der Waals surface area contributed by atoms with E-state index >= 15 is 0 Å². The predicted molar refractivity (Wildman–Crippen MR) is 102 cm³/mol. The third kappa shape index (κ3) is 4.03. The number of methoxy groups -OCH3 is 1. The zero-order chi connectivity index (χ0) is 20.1. The van der Waals surface area contributed by atoms with Gasteiger partial charge in [0, 0.05) is 22.8 Å². The van der Waals surface area contributed by atoms with E-state index in [9.17, 15) is 14.8 Å². The molecule has 144 valence electrons. The molecule has 6 nitrogen and oxygen atoms in total. The van der Waals surface area contributed by atoms with E-state index < -0.39 is 11.9 Å². The van der Waals surface area contributed by atoms with E-state index in [2.05, 4.69) is 11.1 Å². The predicted octanol–water partition coefficient (Wildman–Crippen LogP) is 3.04. The summed E-state index contributed by atoms with van der Waals surface area (Å²) in [6.45, 7) is -0.253. The van der Waals surface area contributed by atoms with E-state index in [4.69, 9.17) is 14.6 Å². The molecule has 0 saturated heterocycles. The molecule has 1 aromatic heterocycles. The molecule has 1 heterocycles. The van der Waals surface area contributed by atoms with Gasteiger partial charge in [-0.25, -0.2) is 9.37 Å². The van der Waals surface area contributed by atoms with Crippen molar-refractivity contribution in [1.82, 2.24) is 4.98 Å². The second kappa shape index (κ2) is 8.65. The number of hydrogen-bond acceptors (Lipinski definition) is 6. The molecule has 3 rings (SSSR count). The molecule has 0 amide bonds. The van der Waals surface area contributed by atoms with E-state index in [1.165, 1.54) is 19.2 Å². The third-order valence-electron chi connectivity index (χ3n) is 4.30. The zero-order valence-electron chi connectivity index (χ0n) is 15.2. The molecule has 2 aromatic carbocycles. The lowest BCUT2D eigenvalue weighted by molar-refractivity contribution is 0.0750. The van der Waals surface area contributed by atoms with Crippen molar-refractivity contribution in [2.24, 2.45) is 0 Å². The maximum atomic E-state index is 13.8. The lowest BCUT2D eigenvalue weighted by Gasteiger charge is -2.15. The van der Waals surface area contributed by atoms with Crippen LogP contribution in [0, 0.1) is 17.1 Å². The van der Waals surface area contributed by atoms with Crippen molar-refractivity contribution < 1.29 is 24.1 Å². The van der Waals surface area contributed by atoms with Gasteiger partial charge in [-0.05, 0) is 35.9 Å². The summed E-state index contributed by atoms with van der Waals surface area (Å²) in [5.41, 5.74) is 1.09. The highest BCUT2D eigenvalue weighted by molar-refractivity contribution is 6.01. The van der Waals surface area contributed by atoms with Crippen LogP contribution < -0.4 is 9.47 Å². The Morgan fingerprint density at radius 1 is 1.21 bits per heavy atom. The summed E-state index contributed by atoms with van der Waals surface area (Å²) in [6, 6.07) is 13.2. The molecule has 7 heteroatoms. The first-order chi connectivity index (χ1) is 13.6. The lowest BCUT2D eigenvalue weighted by Crippen LogP contribution is -2.16. The second-order valence-electron chi connectivity index (χ2n) is 6.15. The van der Waals surface area contributed by atoms with Crippen molar-refractivity contribution in [3.63, 3.8) is 0 Å². The summed E-state index contributed by atoms with van der Waals surface area (Å²) in [4.78, 5) is 4.31. The standard InChI is InChI=1S/C21H19FN2O4/c1-27-16-5-6-17-18(10-16)20(13-3-2-4-14(22)9-13)19(11-23)24-21(17)28-8-7-15(26)12-25/h2-6,9-10,15,25-26H,7-8,12H2,1H3. The van der Waals surface area contributed by atoms with Crippen LogP contribution in [0.4, 0.5) is 4.39 Å². The lowest BCUT2D eigenvalue weighted by atomic mass is 9.97. The summed E-state index contributed by atoms with van der Waals surface area (Å²) in [5, 5.41) is 29.3. The fraction of sp³-hybridized carbons (Fsp3) is 0.238. The smallest absolute Gasteiger partial charge is 0.222 e. The molecular formula is C21H19FN2O4. The van der Waals surface area contributed by atoms with E-state index in [1.54, 1.807) is 30.3 Å². The fourth-order valence-electron chi connectivity index (χ4n) is 2.90. The number of hydrogen-bond donors (Lipinski definition) is 2. The zero-order valence-corrected chi connectivity index (χ0v) is 15.2. The second-order valence-corrected chi connectivity index (χ2v) is 6.15. The number of aliphatic hydroxyl groups is 2. The average Bonchev–Trinajstić information content (AvgIpc) is 2.72. The quantitative estimate of drug-likeness (QED) is 0.652. The van der Waals surface area contributed by atoms with Crippen LogP contribution in [-0.2, 0) is 0 Å². The minimum absolute atomic E-state index is 0.0871. The number of rotatable bonds is 7. The molecule has 0 fully saturated rings. The van der Waals surface area contributed by atoms with Crippen molar-refractivity contribution in [3.8, 4) is 28.8 Å². The SMILES string of the molecule is COc1ccc2c(OCCC(O)CO)nc(C#N)c(-c3cccc(F)c3)c2c1. The minimum Gasteiger partial charge on any atom is -0.497 e. The van der Waals surface area contributed by atoms with E-state index in [0.717, 1.165) is 0 Å². The number of ether oxygens (including phenoxy) is 2. The number of halogens is 1. The molecule has 0 aliphatic rings. The van der Waals surface area contributed by atoms with Gasteiger partial charge >= 0.3 is 0 Å². The van der Waals surface area contributed by atoms with Gasteiger partial charge in [-0.1, -0.05) is 12.1 Å². The maximum absolute atomic E-state index is 13.8. The fourth-order valence-corrected chi connectivity index (χ4v) is 2.90. The Morgan fingerprint density at radius 2 is 2.04 bits per heavy atom. The van der Waals surface area contributed by atoms with Crippen LogP contribution in [0.1, 0.15) is 12.1 Å². The van der Waals surface area contributed by atoms with Crippen molar-refractivity contribution in [3.05, 3.63) is 54.0 Å². The molecule has 0 radical (unpaired) electrons. The molecule has 2 N–H and O–H groups in total. The Kier molecular flexibility index (Phi) is 6.04. The van der Waals surface area contributed by atoms with Crippen LogP contribution >= 0.6 is 0 Å². The Balaban J connectivity index is 2.17. The van der Waals surface area contributed by atoms with E-state index in [0.29, 0.717) is 27.6 Å². The van der Waals surface area contributed by atoms with Gasteiger partial charge in [-0.15, -0.1) is 0 Å². The van der Waals surface area contributed by atoms with E-state index in [1.807, 2.05) is 0 Å². The molecule has 0 bridgehead atoms. The van der Waals surface area contributed by atoms with Gasteiger partial charge in [0.15, 0.2) is 5.69 Å². The van der Waals surface area contributed by atoms with Gasteiger partial charge in [0.1, 0.15) is 17.6 Å².